The van der Waals surface area contributed by atoms with E-state index in [0.29, 0.717) is 19.1 Å². The van der Waals surface area contributed by atoms with E-state index in [4.69, 9.17) is 10.00 Å². The Morgan fingerprint density at radius 1 is 1.16 bits per heavy atom. The van der Waals surface area contributed by atoms with E-state index in [2.05, 4.69) is 58.8 Å². The van der Waals surface area contributed by atoms with Crippen molar-refractivity contribution in [3.63, 3.8) is 0 Å². The molecule has 1 heterocycles. The first-order valence-electron chi connectivity index (χ1n) is 8.97. The Hall–Kier alpha value is -2.51. The molecule has 1 aliphatic heterocycles. The van der Waals surface area contributed by atoms with Gasteiger partial charge in [0.15, 0.2) is 0 Å². The number of rotatable bonds is 8. The van der Waals surface area contributed by atoms with Crippen LogP contribution in [0.25, 0.3) is 0 Å². The van der Waals surface area contributed by atoms with E-state index in [0.717, 1.165) is 31.8 Å². The van der Waals surface area contributed by atoms with Gasteiger partial charge in [0.1, 0.15) is 5.75 Å². The predicted molar refractivity (Wildman–Crippen MR) is 101 cm³/mol. The zero-order valence-electron chi connectivity index (χ0n) is 14.5. The second-order valence-electron chi connectivity index (χ2n) is 6.41. The van der Waals surface area contributed by atoms with Gasteiger partial charge in [0.2, 0.25) is 0 Å². The first-order valence-corrected chi connectivity index (χ1v) is 8.97. The summed E-state index contributed by atoms with van der Waals surface area (Å²) in [4.78, 5) is 2.44. The Bertz CT molecular complexity index is 696. The van der Waals surface area contributed by atoms with Gasteiger partial charge in [0.05, 0.1) is 12.7 Å². The fourth-order valence-corrected chi connectivity index (χ4v) is 3.15. The number of unbranched alkanes of at least 4 members (excludes halogenated alkanes) is 1. The van der Waals surface area contributed by atoms with E-state index >= 15 is 0 Å². The van der Waals surface area contributed by atoms with E-state index < -0.39 is 0 Å². The molecule has 1 atom stereocenters. The van der Waals surface area contributed by atoms with Crippen molar-refractivity contribution in [2.45, 2.75) is 31.8 Å². The Kier molecular flexibility index (Phi) is 6.30. The number of anilines is 1. The molecule has 1 aliphatic rings. The monoisotopic (exact) mass is 335 g/mol. The lowest BCUT2D eigenvalue weighted by atomic mass is 10.2. The van der Waals surface area contributed by atoms with E-state index in [9.17, 15) is 0 Å². The highest BCUT2D eigenvalue weighted by Crippen LogP contribution is 2.20. The van der Waals surface area contributed by atoms with E-state index in [-0.39, 0.29) is 0 Å². The lowest BCUT2D eigenvalue weighted by Gasteiger charge is -2.19. The van der Waals surface area contributed by atoms with Gasteiger partial charge >= 0.3 is 0 Å². The summed E-state index contributed by atoms with van der Waals surface area (Å²) in [6.07, 6.45) is 2.48. The van der Waals surface area contributed by atoms with Gasteiger partial charge in [-0.15, -0.1) is 0 Å². The van der Waals surface area contributed by atoms with Crippen LogP contribution < -0.4 is 15.0 Å². The SMILES string of the molecule is N#CCCCOc1cccc(CNC2CCN(c3ccccc3)C2)c1. The maximum absolute atomic E-state index is 8.56. The first kappa shape index (κ1) is 17.3. The highest BCUT2D eigenvalue weighted by Gasteiger charge is 2.21. The van der Waals surface area contributed by atoms with E-state index in [1.54, 1.807) is 0 Å². The largest absolute Gasteiger partial charge is 0.494 e. The molecule has 1 unspecified atom stereocenters. The maximum atomic E-state index is 8.56. The number of nitrogens with one attached hydrogen (secondary N) is 1. The molecule has 0 saturated carbocycles. The number of hydrogen-bond donors (Lipinski definition) is 1. The third kappa shape index (κ3) is 5.23. The Morgan fingerprint density at radius 3 is 2.88 bits per heavy atom. The van der Waals surface area contributed by atoms with Crippen molar-refractivity contribution >= 4 is 5.69 Å². The maximum Gasteiger partial charge on any atom is 0.119 e. The fourth-order valence-electron chi connectivity index (χ4n) is 3.15. The number of para-hydroxylation sites is 1. The van der Waals surface area contributed by atoms with Gasteiger partial charge in [0, 0.05) is 37.8 Å². The normalized spacial score (nSPS) is 16.6. The van der Waals surface area contributed by atoms with Crippen molar-refractivity contribution in [3.05, 3.63) is 60.2 Å². The Balaban J connectivity index is 1.45. The highest BCUT2D eigenvalue weighted by atomic mass is 16.5. The molecule has 0 aliphatic carbocycles. The van der Waals surface area contributed by atoms with Crippen LogP contribution in [0.1, 0.15) is 24.8 Å². The molecule has 1 fully saturated rings. The van der Waals surface area contributed by atoms with Gasteiger partial charge < -0.3 is 15.0 Å². The number of ether oxygens (including phenoxy) is 1. The smallest absolute Gasteiger partial charge is 0.119 e. The Morgan fingerprint density at radius 2 is 2.04 bits per heavy atom. The molecule has 0 amide bonds. The van der Waals surface area contributed by atoms with Crippen LogP contribution in [0, 0.1) is 11.3 Å². The number of nitriles is 1. The summed E-state index contributed by atoms with van der Waals surface area (Å²) in [7, 11) is 0. The van der Waals surface area contributed by atoms with Gasteiger partial charge in [-0.1, -0.05) is 30.3 Å². The lowest BCUT2D eigenvalue weighted by molar-refractivity contribution is 0.312. The third-order valence-electron chi connectivity index (χ3n) is 4.50. The van der Waals surface area contributed by atoms with Crippen LogP contribution in [0.3, 0.4) is 0 Å². The van der Waals surface area contributed by atoms with Crippen LogP contribution in [0.5, 0.6) is 5.75 Å². The average molecular weight is 335 g/mol. The van der Waals surface area contributed by atoms with Gasteiger partial charge in [-0.05, 0) is 42.7 Å². The van der Waals surface area contributed by atoms with Crippen molar-refractivity contribution in [3.8, 4) is 11.8 Å². The number of nitrogens with zero attached hydrogens (tertiary/aromatic N) is 2. The molecule has 4 nitrogen and oxygen atoms in total. The molecule has 3 rings (SSSR count). The summed E-state index contributed by atoms with van der Waals surface area (Å²) in [5.41, 5.74) is 2.54. The lowest BCUT2D eigenvalue weighted by Crippen LogP contribution is -2.32. The van der Waals surface area contributed by atoms with Crippen molar-refractivity contribution in [2.75, 3.05) is 24.6 Å². The highest BCUT2D eigenvalue weighted by molar-refractivity contribution is 5.47. The molecule has 130 valence electrons. The molecule has 1 saturated heterocycles. The second kappa shape index (κ2) is 9.10. The minimum Gasteiger partial charge on any atom is -0.494 e. The van der Waals surface area contributed by atoms with Gasteiger partial charge in [-0.3, -0.25) is 0 Å². The summed E-state index contributed by atoms with van der Waals surface area (Å²) in [6.45, 7) is 3.60. The van der Waals surface area contributed by atoms with Crippen molar-refractivity contribution in [1.82, 2.24) is 5.32 Å². The minimum atomic E-state index is 0.514. The predicted octanol–water partition coefficient (Wildman–Crippen LogP) is 3.74. The van der Waals surface area contributed by atoms with Gasteiger partial charge in [0.25, 0.3) is 0 Å². The van der Waals surface area contributed by atoms with Gasteiger partial charge in [-0.2, -0.15) is 5.26 Å². The fraction of sp³-hybridized carbons (Fsp3) is 0.381. The summed E-state index contributed by atoms with van der Waals surface area (Å²) >= 11 is 0. The Labute approximate surface area is 150 Å². The van der Waals surface area contributed by atoms with Crippen LogP contribution in [0.4, 0.5) is 5.69 Å². The summed E-state index contributed by atoms with van der Waals surface area (Å²) < 4.78 is 5.71. The molecule has 25 heavy (non-hydrogen) atoms. The topological polar surface area (TPSA) is 48.3 Å². The standard InChI is InChI=1S/C21H25N3O/c22-12-4-5-14-25-21-10-6-7-18(15-21)16-23-19-11-13-24(17-19)20-8-2-1-3-9-20/h1-3,6-10,15,19,23H,4-5,11,13-14,16-17H2. The number of hydrogen-bond acceptors (Lipinski definition) is 4. The zero-order valence-corrected chi connectivity index (χ0v) is 14.5. The third-order valence-corrected chi connectivity index (χ3v) is 4.50. The summed E-state index contributed by atoms with van der Waals surface area (Å²) in [5, 5.41) is 12.2. The van der Waals surface area contributed by atoms with Crippen LogP contribution in [0.2, 0.25) is 0 Å². The van der Waals surface area contributed by atoms with E-state index in [1.807, 2.05) is 12.1 Å². The average Bonchev–Trinajstić information content (AvgIpc) is 3.14. The molecule has 1 N–H and O–H groups in total. The van der Waals surface area contributed by atoms with E-state index in [1.165, 1.54) is 17.7 Å². The molecule has 0 aromatic heterocycles. The molecular formula is C21H25N3O. The van der Waals surface area contributed by atoms with Crippen LogP contribution in [-0.4, -0.2) is 25.7 Å². The van der Waals surface area contributed by atoms with Crippen LogP contribution in [-0.2, 0) is 6.54 Å². The summed E-state index contributed by atoms with van der Waals surface area (Å²) in [5.74, 6) is 0.884. The zero-order chi connectivity index (χ0) is 17.3. The quantitative estimate of drug-likeness (QED) is 0.747. The van der Waals surface area contributed by atoms with Crippen LogP contribution in [0.15, 0.2) is 54.6 Å². The van der Waals surface area contributed by atoms with Crippen molar-refractivity contribution < 1.29 is 4.74 Å². The molecule has 4 heteroatoms. The molecular weight excluding hydrogens is 310 g/mol. The van der Waals surface area contributed by atoms with Crippen LogP contribution >= 0.6 is 0 Å². The molecule has 0 spiro atoms. The van der Waals surface area contributed by atoms with Gasteiger partial charge in [-0.25, -0.2) is 0 Å². The van der Waals surface area contributed by atoms with Crippen molar-refractivity contribution in [2.24, 2.45) is 0 Å². The second-order valence-corrected chi connectivity index (χ2v) is 6.41. The first-order chi connectivity index (χ1) is 12.3. The van der Waals surface area contributed by atoms with Crippen molar-refractivity contribution in [1.29, 1.82) is 5.26 Å². The molecule has 0 bridgehead atoms. The molecule has 0 radical (unpaired) electrons. The summed E-state index contributed by atoms with van der Waals surface area (Å²) in [6, 6.07) is 21.5. The number of benzene rings is 2. The molecule has 2 aromatic rings. The molecule has 2 aromatic carbocycles. The minimum absolute atomic E-state index is 0.514.